The van der Waals surface area contributed by atoms with E-state index in [4.69, 9.17) is 9.47 Å². The second kappa shape index (κ2) is 7.96. The number of rotatable bonds is 3. The number of nitrogens with zero attached hydrogens (tertiary/aromatic N) is 3. The zero-order chi connectivity index (χ0) is 26.9. The van der Waals surface area contributed by atoms with Crippen molar-refractivity contribution in [1.82, 2.24) is 5.01 Å². The Hall–Kier alpha value is -4.08. The van der Waals surface area contributed by atoms with Crippen LogP contribution < -0.4 is 0 Å². The fraction of sp³-hybridized carbons (Fsp3) is 0.407. The topological polar surface area (TPSA) is 128 Å². The summed E-state index contributed by atoms with van der Waals surface area (Å²) in [7, 11) is 0. The number of ether oxygens (including phenoxy) is 2. The van der Waals surface area contributed by atoms with E-state index in [2.05, 4.69) is 5.10 Å². The fourth-order valence-corrected chi connectivity index (χ4v) is 5.66. The summed E-state index contributed by atoms with van der Waals surface area (Å²) in [4.78, 5) is 53.3. The molecule has 0 aliphatic carbocycles. The van der Waals surface area contributed by atoms with Crippen LogP contribution in [0.15, 0.2) is 53.6 Å². The predicted molar refractivity (Wildman–Crippen MR) is 131 cm³/mol. The smallest absolute Gasteiger partial charge is 0.330 e. The Kier molecular flexibility index (Phi) is 5.29. The highest BCUT2D eigenvalue weighted by molar-refractivity contribution is 6.07. The molecule has 0 amide bonds. The summed E-state index contributed by atoms with van der Waals surface area (Å²) < 4.78 is 11.4. The summed E-state index contributed by atoms with van der Waals surface area (Å²) in [5, 5.41) is 17.7. The first-order chi connectivity index (χ1) is 17.3. The number of cyclic esters (lactones) is 2. The van der Waals surface area contributed by atoms with Gasteiger partial charge in [0.1, 0.15) is 12.1 Å². The average Bonchev–Trinajstić information content (AvgIpc) is 3.13. The largest absolute Gasteiger partial charge is 0.422 e. The third-order valence-corrected chi connectivity index (χ3v) is 7.21. The van der Waals surface area contributed by atoms with Gasteiger partial charge in [-0.15, -0.1) is 0 Å². The molecule has 2 saturated heterocycles. The fourth-order valence-electron chi connectivity index (χ4n) is 5.66. The third-order valence-electron chi connectivity index (χ3n) is 7.21. The third kappa shape index (κ3) is 3.53. The minimum Gasteiger partial charge on any atom is -0.422 e. The Balaban J connectivity index is 1.86. The Labute approximate surface area is 213 Å². The van der Waals surface area contributed by atoms with Gasteiger partial charge in [0, 0.05) is 37.3 Å². The molecule has 0 bridgehead atoms. The molecule has 0 saturated carbocycles. The number of nitro benzene ring substituents is 1. The second-order valence-electron chi connectivity index (χ2n) is 11.1. The minimum absolute atomic E-state index is 0.235. The molecule has 0 unspecified atom stereocenters. The molecule has 37 heavy (non-hydrogen) atoms. The van der Waals surface area contributed by atoms with Gasteiger partial charge in [-0.05, 0) is 16.7 Å². The van der Waals surface area contributed by atoms with Gasteiger partial charge in [0.2, 0.25) is 5.41 Å². The van der Waals surface area contributed by atoms with Crippen LogP contribution in [0.2, 0.25) is 0 Å². The highest BCUT2D eigenvalue weighted by atomic mass is 16.7. The number of ketones is 1. The van der Waals surface area contributed by atoms with Gasteiger partial charge in [0.25, 0.3) is 11.5 Å². The molecule has 3 aliphatic heterocycles. The Morgan fingerprint density at radius 1 is 1.05 bits per heavy atom. The van der Waals surface area contributed by atoms with Crippen LogP contribution in [-0.2, 0) is 23.9 Å². The number of fused-ring (bicyclic) bond motifs is 4. The van der Waals surface area contributed by atoms with Gasteiger partial charge < -0.3 is 9.47 Å². The van der Waals surface area contributed by atoms with Gasteiger partial charge in [-0.1, -0.05) is 57.2 Å². The highest BCUT2D eigenvalue weighted by Crippen LogP contribution is 2.63. The Morgan fingerprint density at radius 3 is 2.32 bits per heavy atom. The van der Waals surface area contributed by atoms with Crippen LogP contribution in [0, 0.1) is 20.9 Å². The molecule has 1 spiro atoms. The number of non-ortho nitro benzene ring substituents is 1. The van der Waals surface area contributed by atoms with Crippen LogP contribution in [0.3, 0.4) is 0 Å². The summed E-state index contributed by atoms with van der Waals surface area (Å²) in [6.45, 7) is 8.12. The van der Waals surface area contributed by atoms with E-state index in [-0.39, 0.29) is 17.0 Å². The number of Topliss-reactive ketones (excluding diaryl/α,β-unsaturated/α-hetero) is 1. The average molecular weight is 506 g/mol. The molecule has 3 atom stereocenters. The highest BCUT2D eigenvalue weighted by Gasteiger charge is 2.75. The Bertz CT molecular complexity index is 1350. The predicted octanol–water partition coefficient (Wildman–Crippen LogP) is 3.89. The van der Waals surface area contributed by atoms with E-state index in [1.807, 2.05) is 0 Å². The number of esters is 2. The van der Waals surface area contributed by atoms with Gasteiger partial charge in [-0.2, -0.15) is 5.10 Å². The summed E-state index contributed by atoms with van der Waals surface area (Å²) in [5.74, 6) is -4.72. The van der Waals surface area contributed by atoms with Crippen LogP contribution in [0.5, 0.6) is 0 Å². The first-order valence-electron chi connectivity index (χ1n) is 12.0. The van der Waals surface area contributed by atoms with Gasteiger partial charge >= 0.3 is 11.9 Å². The molecule has 0 N–H and O–H groups in total. The molecule has 0 aromatic heterocycles. The second-order valence-corrected chi connectivity index (χ2v) is 11.1. The molecule has 2 fully saturated rings. The number of benzene rings is 2. The first kappa shape index (κ1) is 24.6. The van der Waals surface area contributed by atoms with Gasteiger partial charge in [-0.25, -0.2) is 0 Å². The van der Waals surface area contributed by atoms with Crippen molar-refractivity contribution in [2.75, 3.05) is 0 Å². The minimum atomic E-state index is -2.05. The van der Waals surface area contributed by atoms with Crippen LogP contribution in [0.1, 0.15) is 63.3 Å². The van der Waals surface area contributed by atoms with Crippen LogP contribution in [-0.4, -0.2) is 45.7 Å². The summed E-state index contributed by atoms with van der Waals surface area (Å²) in [6.07, 6.45) is 1.59. The number of hydrogen-bond donors (Lipinski definition) is 0. The lowest BCUT2D eigenvalue weighted by Gasteiger charge is -2.44. The van der Waals surface area contributed by atoms with Gasteiger partial charge in [-0.3, -0.25) is 29.5 Å². The van der Waals surface area contributed by atoms with Gasteiger partial charge in [0.05, 0.1) is 11.1 Å². The van der Waals surface area contributed by atoms with Crippen molar-refractivity contribution in [3.8, 4) is 0 Å². The molecule has 192 valence electrons. The van der Waals surface area contributed by atoms with E-state index in [1.165, 1.54) is 37.1 Å². The number of nitro groups is 1. The quantitative estimate of drug-likeness (QED) is 0.266. The maximum Gasteiger partial charge on any atom is 0.330 e. The molecule has 2 aromatic carbocycles. The lowest BCUT2D eigenvalue weighted by molar-refractivity contribution is -0.385. The normalized spacial score (nSPS) is 25.2. The SMILES string of the molecule is CC1(C)OC(=O)C2(C(=O)O1)[C@@H](c1cccc([N+](=O)[O-])c1)[C@H](C(=O)C(C)(C)C)N1N=Cc3ccccc3[C@@H]12. The first-order valence-corrected chi connectivity index (χ1v) is 12.0. The zero-order valence-corrected chi connectivity index (χ0v) is 21.1. The molecule has 5 rings (SSSR count). The summed E-state index contributed by atoms with van der Waals surface area (Å²) in [5.41, 5.74) is -1.63. The van der Waals surface area contributed by atoms with Crippen molar-refractivity contribution >= 4 is 29.6 Å². The van der Waals surface area contributed by atoms with Crippen molar-refractivity contribution in [2.24, 2.45) is 15.9 Å². The van der Waals surface area contributed by atoms with Crippen LogP contribution in [0.4, 0.5) is 5.69 Å². The van der Waals surface area contributed by atoms with E-state index >= 15 is 0 Å². The zero-order valence-electron chi connectivity index (χ0n) is 21.1. The van der Waals surface area contributed by atoms with E-state index in [0.29, 0.717) is 11.1 Å². The summed E-state index contributed by atoms with van der Waals surface area (Å²) >= 11 is 0. The van der Waals surface area contributed by atoms with E-state index < -0.39 is 51.5 Å². The van der Waals surface area contributed by atoms with Gasteiger partial charge in [0.15, 0.2) is 5.78 Å². The molecule has 0 radical (unpaired) electrons. The molecule has 10 heteroatoms. The van der Waals surface area contributed by atoms with Crippen LogP contribution in [0.25, 0.3) is 0 Å². The number of carbonyl (C=O) groups is 3. The van der Waals surface area contributed by atoms with Crippen LogP contribution >= 0.6 is 0 Å². The van der Waals surface area contributed by atoms with Crippen molar-refractivity contribution in [1.29, 1.82) is 0 Å². The standard InChI is InChI=1S/C27H27N3O7/c1-25(2,3)22(31)20-19(15-10-8-11-17(13-15)30(34)35)27(23(32)36-26(4,5)37-24(27)33)21-18-12-7-6-9-16(18)14-28-29(20)21/h6-14,19-21H,1-5H3/t19-,20+,21+/m0/s1. The molecular weight excluding hydrogens is 478 g/mol. The lowest BCUT2D eigenvalue weighted by Crippen LogP contribution is -2.58. The number of carbonyl (C=O) groups excluding carboxylic acids is 3. The maximum absolute atomic E-state index is 14.1. The monoisotopic (exact) mass is 505 g/mol. The molecular formula is C27H27N3O7. The van der Waals surface area contributed by atoms with Crippen molar-refractivity contribution in [3.63, 3.8) is 0 Å². The van der Waals surface area contributed by atoms with Crippen molar-refractivity contribution in [2.45, 2.75) is 58.4 Å². The van der Waals surface area contributed by atoms with E-state index in [9.17, 15) is 24.5 Å². The molecule has 2 aromatic rings. The van der Waals surface area contributed by atoms with E-state index in [0.717, 1.165) is 0 Å². The maximum atomic E-state index is 14.1. The van der Waals surface area contributed by atoms with Crippen molar-refractivity contribution < 1.29 is 28.8 Å². The summed E-state index contributed by atoms with van der Waals surface area (Å²) in [6, 6.07) is 10.7. The lowest BCUT2D eigenvalue weighted by atomic mass is 9.64. The number of hydrogen-bond acceptors (Lipinski definition) is 9. The Morgan fingerprint density at radius 2 is 1.70 bits per heavy atom. The molecule has 3 aliphatic rings. The molecule has 10 nitrogen and oxygen atoms in total. The van der Waals surface area contributed by atoms with E-state index in [1.54, 1.807) is 57.3 Å². The molecule has 3 heterocycles. The number of hydrazone groups is 1. The van der Waals surface area contributed by atoms with Crippen molar-refractivity contribution in [3.05, 3.63) is 75.3 Å².